The van der Waals surface area contributed by atoms with Crippen LogP contribution in [0.25, 0.3) is 0 Å². The van der Waals surface area contributed by atoms with Crippen LogP contribution < -0.4 is 10.5 Å². The van der Waals surface area contributed by atoms with Crippen LogP contribution in [-0.2, 0) is 0 Å². The summed E-state index contributed by atoms with van der Waals surface area (Å²) in [5.41, 5.74) is 6.46. The molecule has 0 aliphatic rings. The Morgan fingerprint density at radius 1 is 1.38 bits per heavy atom. The molecular formula is C11H14F3NO. The maximum Gasteiger partial charge on any atom is 0.573 e. The molecule has 0 aromatic heterocycles. The van der Waals surface area contributed by atoms with Crippen LogP contribution >= 0.6 is 0 Å². The second kappa shape index (κ2) is 5.21. The van der Waals surface area contributed by atoms with Crippen molar-refractivity contribution in [2.24, 2.45) is 5.73 Å². The van der Waals surface area contributed by atoms with Gasteiger partial charge in [-0.1, -0.05) is 25.5 Å². The number of halogens is 3. The second-order valence-corrected chi connectivity index (χ2v) is 3.52. The van der Waals surface area contributed by atoms with Gasteiger partial charge in [0.25, 0.3) is 0 Å². The van der Waals surface area contributed by atoms with Gasteiger partial charge in [0.05, 0.1) is 0 Å². The Balaban J connectivity index is 2.78. The van der Waals surface area contributed by atoms with E-state index >= 15 is 0 Å². The Hall–Kier alpha value is -1.23. The van der Waals surface area contributed by atoms with Gasteiger partial charge in [-0.2, -0.15) is 0 Å². The number of alkyl halides is 3. The molecule has 1 aromatic rings. The van der Waals surface area contributed by atoms with Gasteiger partial charge in [0.2, 0.25) is 0 Å². The summed E-state index contributed by atoms with van der Waals surface area (Å²) in [5, 5.41) is 0. The number of hydrogen-bond acceptors (Lipinski definition) is 2. The molecule has 0 unspecified atom stereocenters. The maximum atomic E-state index is 12.0. The number of rotatable bonds is 4. The molecular weight excluding hydrogens is 219 g/mol. The van der Waals surface area contributed by atoms with Crippen LogP contribution in [0.5, 0.6) is 5.75 Å². The first-order chi connectivity index (χ1) is 7.42. The fraction of sp³-hybridized carbons (Fsp3) is 0.455. The van der Waals surface area contributed by atoms with E-state index in [9.17, 15) is 13.2 Å². The van der Waals surface area contributed by atoms with Gasteiger partial charge in [-0.25, -0.2) is 0 Å². The molecule has 0 heterocycles. The lowest BCUT2D eigenvalue weighted by molar-refractivity contribution is -0.274. The number of hydrogen-bond donors (Lipinski definition) is 1. The van der Waals surface area contributed by atoms with Gasteiger partial charge in [0.1, 0.15) is 5.75 Å². The van der Waals surface area contributed by atoms with Crippen LogP contribution in [0.15, 0.2) is 24.3 Å². The largest absolute Gasteiger partial charge is 0.573 e. The van der Waals surface area contributed by atoms with Gasteiger partial charge >= 0.3 is 6.36 Å². The Kier molecular flexibility index (Phi) is 4.18. The lowest BCUT2D eigenvalue weighted by Crippen LogP contribution is -2.17. The Morgan fingerprint density at radius 2 is 2.06 bits per heavy atom. The summed E-state index contributed by atoms with van der Waals surface area (Å²) < 4.78 is 39.7. The highest BCUT2D eigenvalue weighted by Crippen LogP contribution is 2.26. The summed E-state index contributed by atoms with van der Waals surface area (Å²) in [6.45, 7) is 1.97. The molecule has 0 aliphatic heterocycles. The van der Waals surface area contributed by atoms with E-state index in [0.29, 0.717) is 5.56 Å². The zero-order chi connectivity index (χ0) is 12.2. The molecule has 0 bridgehead atoms. The molecule has 1 rings (SSSR count). The first-order valence-electron chi connectivity index (χ1n) is 5.03. The molecule has 0 aliphatic carbocycles. The van der Waals surface area contributed by atoms with Crippen molar-refractivity contribution < 1.29 is 17.9 Å². The zero-order valence-electron chi connectivity index (χ0n) is 8.92. The normalized spacial score (nSPS) is 13.6. The summed E-state index contributed by atoms with van der Waals surface area (Å²) in [4.78, 5) is 0. The zero-order valence-corrected chi connectivity index (χ0v) is 8.92. The minimum atomic E-state index is -4.66. The number of benzene rings is 1. The van der Waals surface area contributed by atoms with Crippen molar-refractivity contribution in [2.75, 3.05) is 0 Å². The highest BCUT2D eigenvalue weighted by molar-refractivity contribution is 5.30. The highest BCUT2D eigenvalue weighted by Gasteiger charge is 2.31. The quantitative estimate of drug-likeness (QED) is 0.865. The van der Waals surface area contributed by atoms with Gasteiger partial charge in [0.15, 0.2) is 0 Å². The van der Waals surface area contributed by atoms with Crippen molar-refractivity contribution in [3.63, 3.8) is 0 Å². The fourth-order valence-electron chi connectivity index (χ4n) is 1.42. The molecule has 0 spiro atoms. The second-order valence-electron chi connectivity index (χ2n) is 3.52. The van der Waals surface area contributed by atoms with Crippen molar-refractivity contribution in [2.45, 2.75) is 32.2 Å². The topological polar surface area (TPSA) is 35.2 Å². The molecule has 0 radical (unpaired) electrons. The highest BCUT2D eigenvalue weighted by atomic mass is 19.4. The summed E-state index contributed by atoms with van der Waals surface area (Å²) >= 11 is 0. The number of nitrogens with two attached hydrogens (primary N) is 1. The third kappa shape index (κ3) is 4.10. The lowest BCUT2D eigenvalue weighted by Gasteiger charge is -2.13. The van der Waals surface area contributed by atoms with E-state index in [2.05, 4.69) is 4.74 Å². The van der Waals surface area contributed by atoms with E-state index in [1.165, 1.54) is 18.2 Å². The average Bonchev–Trinajstić information content (AvgIpc) is 2.16. The summed E-state index contributed by atoms with van der Waals surface area (Å²) in [7, 11) is 0. The molecule has 2 nitrogen and oxygen atoms in total. The summed E-state index contributed by atoms with van der Waals surface area (Å²) in [6.07, 6.45) is -3.05. The lowest BCUT2D eigenvalue weighted by atomic mass is 10.0. The Bertz CT molecular complexity index is 338. The van der Waals surface area contributed by atoms with E-state index in [-0.39, 0.29) is 11.8 Å². The first-order valence-corrected chi connectivity index (χ1v) is 5.03. The van der Waals surface area contributed by atoms with E-state index < -0.39 is 6.36 Å². The van der Waals surface area contributed by atoms with E-state index in [1.54, 1.807) is 6.07 Å². The average molecular weight is 233 g/mol. The molecule has 5 heteroatoms. The first kappa shape index (κ1) is 12.8. The predicted molar refractivity (Wildman–Crippen MR) is 55.0 cm³/mol. The molecule has 0 saturated heterocycles. The van der Waals surface area contributed by atoms with E-state index in [1.807, 2.05) is 6.92 Å². The molecule has 0 fully saturated rings. The van der Waals surface area contributed by atoms with Gasteiger partial charge in [-0.05, 0) is 24.1 Å². The van der Waals surface area contributed by atoms with Crippen LogP contribution in [0.1, 0.15) is 31.4 Å². The van der Waals surface area contributed by atoms with Crippen molar-refractivity contribution in [1.82, 2.24) is 0 Å². The molecule has 0 amide bonds. The monoisotopic (exact) mass is 233 g/mol. The SMILES string of the molecule is CCC[C@@H](N)c1cccc(OC(F)(F)F)c1. The van der Waals surface area contributed by atoms with Gasteiger partial charge in [-0.3, -0.25) is 0 Å². The molecule has 16 heavy (non-hydrogen) atoms. The van der Waals surface area contributed by atoms with Crippen molar-refractivity contribution in [3.8, 4) is 5.75 Å². The van der Waals surface area contributed by atoms with Gasteiger partial charge < -0.3 is 10.5 Å². The van der Waals surface area contributed by atoms with Crippen LogP contribution in [0.3, 0.4) is 0 Å². The third-order valence-corrected chi connectivity index (χ3v) is 2.12. The minimum absolute atomic E-state index is 0.225. The van der Waals surface area contributed by atoms with Crippen LogP contribution in [0, 0.1) is 0 Å². The van der Waals surface area contributed by atoms with Crippen LogP contribution in [0.2, 0.25) is 0 Å². The van der Waals surface area contributed by atoms with E-state index in [4.69, 9.17) is 5.73 Å². The molecule has 1 aromatic carbocycles. The smallest absolute Gasteiger partial charge is 0.406 e. The molecule has 90 valence electrons. The standard InChI is InChI=1S/C11H14F3NO/c1-2-4-10(15)8-5-3-6-9(7-8)16-11(12,13)14/h3,5-7,10H,2,4,15H2,1H3/t10-/m1/s1. The van der Waals surface area contributed by atoms with Gasteiger partial charge in [-0.15, -0.1) is 13.2 Å². The maximum absolute atomic E-state index is 12.0. The van der Waals surface area contributed by atoms with Crippen molar-refractivity contribution in [3.05, 3.63) is 29.8 Å². The molecule has 0 saturated carbocycles. The Labute approximate surface area is 92.2 Å². The minimum Gasteiger partial charge on any atom is -0.406 e. The van der Waals surface area contributed by atoms with Crippen LogP contribution in [0.4, 0.5) is 13.2 Å². The molecule has 2 N–H and O–H groups in total. The number of ether oxygens (including phenoxy) is 1. The predicted octanol–water partition coefficient (Wildman–Crippen LogP) is 3.39. The summed E-state index contributed by atoms with van der Waals surface area (Å²) in [5.74, 6) is -0.225. The van der Waals surface area contributed by atoms with Crippen molar-refractivity contribution in [1.29, 1.82) is 0 Å². The molecule has 1 atom stereocenters. The third-order valence-electron chi connectivity index (χ3n) is 2.12. The van der Waals surface area contributed by atoms with Gasteiger partial charge in [0, 0.05) is 6.04 Å². The van der Waals surface area contributed by atoms with E-state index in [0.717, 1.165) is 12.8 Å². The summed E-state index contributed by atoms with van der Waals surface area (Å²) in [6, 6.07) is 5.54. The van der Waals surface area contributed by atoms with Crippen molar-refractivity contribution >= 4 is 0 Å². The van der Waals surface area contributed by atoms with Crippen LogP contribution in [-0.4, -0.2) is 6.36 Å². The Morgan fingerprint density at radius 3 is 2.62 bits per heavy atom. The fourth-order valence-corrected chi connectivity index (χ4v) is 1.42.